The van der Waals surface area contributed by atoms with E-state index in [9.17, 15) is 9.59 Å². The van der Waals surface area contributed by atoms with Crippen LogP contribution in [-0.2, 0) is 11.8 Å². The minimum Gasteiger partial charge on any atom is -0.381 e. The molecule has 0 bridgehead atoms. The molecule has 2 aliphatic heterocycles. The summed E-state index contributed by atoms with van der Waals surface area (Å²) in [6.45, 7) is 5.56. The van der Waals surface area contributed by atoms with Crippen molar-refractivity contribution in [2.75, 3.05) is 38.2 Å². The van der Waals surface area contributed by atoms with Crippen LogP contribution >= 0.6 is 0 Å². The molecule has 2 amide bonds. The topological polar surface area (TPSA) is 75.6 Å². The standard InChI is InChI=1S/C17H26N4O3/c1-13-11-14(15(22)20(2)12-13)19-16(23)21-8-7-18-6-3-17(21)4-9-24-10-5-17/h11-12,18H,3-10H2,1-2H3,(H,19,23). The number of hydrogen-bond acceptors (Lipinski definition) is 4. The lowest BCUT2D eigenvalue weighted by Crippen LogP contribution is -2.56. The molecule has 2 aliphatic rings. The van der Waals surface area contributed by atoms with E-state index in [0.717, 1.165) is 37.9 Å². The number of hydrogen-bond donors (Lipinski definition) is 2. The molecule has 0 aromatic carbocycles. The van der Waals surface area contributed by atoms with Crippen molar-refractivity contribution in [2.45, 2.75) is 31.7 Å². The molecule has 2 N–H and O–H groups in total. The van der Waals surface area contributed by atoms with Crippen molar-refractivity contribution < 1.29 is 9.53 Å². The van der Waals surface area contributed by atoms with Gasteiger partial charge in [0.25, 0.3) is 5.56 Å². The number of aromatic nitrogens is 1. The Morgan fingerprint density at radius 3 is 2.79 bits per heavy atom. The Bertz CT molecular complexity index is 664. The van der Waals surface area contributed by atoms with E-state index in [1.165, 1.54) is 4.57 Å². The third-order valence-electron chi connectivity index (χ3n) is 5.08. The molecule has 0 atom stereocenters. The highest BCUT2D eigenvalue weighted by molar-refractivity contribution is 5.89. The molecule has 3 heterocycles. The Hall–Kier alpha value is -1.86. The minimum absolute atomic E-state index is 0.180. The van der Waals surface area contributed by atoms with E-state index in [2.05, 4.69) is 10.6 Å². The molecule has 2 saturated heterocycles. The van der Waals surface area contributed by atoms with E-state index >= 15 is 0 Å². The second-order valence-corrected chi connectivity index (χ2v) is 6.77. The molecule has 132 valence electrons. The van der Waals surface area contributed by atoms with Gasteiger partial charge in [0.2, 0.25) is 0 Å². The molecule has 1 aromatic heterocycles. The fraction of sp³-hybridized carbons (Fsp3) is 0.647. The molecule has 0 radical (unpaired) electrons. The zero-order valence-corrected chi connectivity index (χ0v) is 14.4. The van der Waals surface area contributed by atoms with Crippen molar-refractivity contribution >= 4 is 11.7 Å². The second-order valence-electron chi connectivity index (χ2n) is 6.77. The number of carbonyl (C=O) groups is 1. The van der Waals surface area contributed by atoms with Gasteiger partial charge in [0.1, 0.15) is 5.69 Å². The van der Waals surface area contributed by atoms with Crippen LogP contribution in [0.5, 0.6) is 0 Å². The molecule has 7 nitrogen and oxygen atoms in total. The van der Waals surface area contributed by atoms with Crippen molar-refractivity contribution in [3.8, 4) is 0 Å². The summed E-state index contributed by atoms with van der Waals surface area (Å²) in [5, 5.41) is 6.21. The van der Waals surface area contributed by atoms with Gasteiger partial charge < -0.3 is 24.8 Å². The highest BCUT2D eigenvalue weighted by Crippen LogP contribution is 2.32. The van der Waals surface area contributed by atoms with Crippen molar-refractivity contribution in [2.24, 2.45) is 7.05 Å². The predicted molar refractivity (Wildman–Crippen MR) is 92.4 cm³/mol. The van der Waals surface area contributed by atoms with Crippen molar-refractivity contribution in [3.05, 3.63) is 28.2 Å². The van der Waals surface area contributed by atoms with Crippen LogP contribution in [0.4, 0.5) is 10.5 Å². The number of urea groups is 1. The maximum atomic E-state index is 13.0. The lowest BCUT2D eigenvalue weighted by atomic mass is 9.85. The second kappa shape index (κ2) is 6.94. The number of amides is 2. The van der Waals surface area contributed by atoms with Crippen molar-refractivity contribution in [1.29, 1.82) is 0 Å². The number of nitrogens with zero attached hydrogens (tertiary/aromatic N) is 2. The van der Waals surface area contributed by atoms with Crippen LogP contribution in [0, 0.1) is 6.92 Å². The molecule has 0 unspecified atom stereocenters. The first-order valence-electron chi connectivity index (χ1n) is 8.56. The Kier molecular flexibility index (Phi) is 4.91. The van der Waals surface area contributed by atoms with Crippen molar-refractivity contribution in [3.63, 3.8) is 0 Å². The van der Waals surface area contributed by atoms with Crippen LogP contribution in [0.15, 0.2) is 17.1 Å². The molecule has 0 aliphatic carbocycles. The summed E-state index contributed by atoms with van der Waals surface area (Å²) in [5.41, 5.74) is 0.900. The zero-order valence-electron chi connectivity index (χ0n) is 14.4. The summed E-state index contributed by atoms with van der Waals surface area (Å²) in [5.74, 6) is 0. The SMILES string of the molecule is Cc1cc(NC(=O)N2CCNCCC23CCOCC3)c(=O)n(C)c1. The van der Waals surface area contributed by atoms with Crippen LogP contribution in [0.1, 0.15) is 24.8 Å². The number of ether oxygens (including phenoxy) is 1. The minimum atomic E-state index is -0.192. The van der Waals surface area contributed by atoms with Gasteiger partial charge in [-0.25, -0.2) is 4.79 Å². The average Bonchev–Trinajstić information content (AvgIpc) is 2.75. The van der Waals surface area contributed by atoms with E-state index in [0.29, 0.717) is 25.4 Å². The lowest BCUT2D eigenvalue weighted by molar-refractivity contribution is -0.00658. The van der Waals surface area contributed by atoms with E-state index in [4.69, 9.17) is 4.74 Å². The predicted octanol–water partition coefficient (Wildman–Crippen LogP) is 1.07. The first kappa shape index (κ1) is 17.0. The van der Waals surface area contributed by atoms with Crippen LogP contribution in [-0.4, -0.2) is 53.9 Å². The van der Waals surface area contributed by atoms with Gasteiger partial charge in [-0.15, -0.1) is 0 Å². The first-order valence-corrected chi connectivity index (χ1v) is 8.56. The molecule has 7 heteroatoms. The van der Waals surface area contributed by atoms with Gasteiger partial charge in [-0.2, -0.15) is 0 Å². The molecule has 24 heavy (non-hydrogen) atoms. The Labute approximate surface area is 142 Å². The fourth-order valence-corrected chi connectivity index (χ4v) is 3.75. The molecule has 1 aromatic rings. The Morgan fingerprint density at radius 2 is 2.04 bits per heavy atom. The molecule has 1 spiro atoms. The summed E-state index contributed by atoms with van der Waals surface area (Å²) in [4.78, 5) is 27.2. The van der Waals surface area contributed by atoms with Gasteiger partial charge in [0, 0.05) is 39.5 Å². The van der Waals surface area contributed by atoms with Crippen LogP contribution < -0.4 is 16.2 Å². The van der Waals surface area contributed by atoms with Gasteiger partial charge in [-0.1, -0.05) is 0 Å². The summed E-state index contributed by atoms with van der Waals surface area (Å²) in [6.07, 6.45) is 4.35. The number of aryl methyl sites for hydroxylation is 2. The molecule has 0 saturated carbocycles. The highest BCUT2D eigenvalue weighted by Gasteiger charge is 2.41. The third-order valence-corrected chi connectivity index (χ3v) is 5.08. The summed E-state index contributed by atoms with van der Waals surface area (Å²) in [7, 11) is 1.70. The van der Waals surface area contributed by atoms with E-state index in [1.807, 2.05) is 11.8 Å². The molecule has 3 rings (SSSR count). The van der Waals surface area contributed by atoms with Gasteiger partial charge in [0.05, 0.1) is 5.54 Å². The molecule has 2 fully saturated rings. The highest BCUT2D eigenvalue weighted by atomic mass is 16.5. The summed E-state index contributed by atoms with van der Waals surface area (Å²) < 4.78 is 7.00. The lowest BCUT2D eigenvalue weighted by Gasteiger charge is -2.45. The van der Waals surface area contributed by atoms with E-state index < -0.39 is 0 Å². The number of anilines is 1. The maximum Gasteiger partial charge on any atom is 0.322 e. The number of nitrogens with one attached hydrogen (secondary N) is 2. The average molecular weight is 334 g/mol. The number of rotatable bonds is 1. The third kappa shape index (κ3) is 3.32. The van der Waals surface area contributed by atoms with E-state index in [-0.39, 0.29) is 17.1 Å². The largest absolute Gasteiger partial charge is 0.381 e. The maximum absolute atomic E-state index is 13.0. The Morgan fingerprint density at radius 1 is 1.29 bits per heavy atom. The van der Waals surface area contributed by atoms with Crippen molar-refractivity contribution in [1.82, 2.24) is 14.8 Å². The number of pyridine rings is 1. The first-order chi connectivity index (χ1) is 11.5. The summed E-state index contributed by atoms with van der Waals surface area (Å²) >= 11 is 0. The Balaban J connectivity index is 1.85. The van der Waals surface area contributed by atoms with Gasteiger partial charge in [-0.05, 0) is 44.4 Å². The van der Waals surface area contributed by atoms with Crippen LogP contribution in [0.25, 0.3) is 0 Å². The van der Waals surface area contributed by atoms with Gasteiger partial charge >= 0.3 is 6.03 Å². The zero-order chi connectivity index (χ0) is 17.2. The fourth-order valence-electron chi connectivity index (χ4n) is 3.75. The molecular weight excluding hydrogens is 308 g/mol. The molecular formula is C17H26N4O3. The monoisotopic (exact) mass is 334 g/mol. The van der Waals surface area contributed by atoms with Gasteiger partial charge in [-0.3, -0.25) is 4.79 Å². The normalized spacial score (nSPS) is 20.7. The van der Waals surface area contributed by atoms with Gasteiger partial charge in [0.15, 0.2) is 0 Å². The quantitative estimate of drug-likeness (QED) is 0.806. The van der Waals surface area contributed by atoms with E-state index in [1.54, 1.807) is 19.3 Å². The number of carbonyl (C=O) groups excluding carboxylic acids is 1. The van der Waals surface area contributed by atoms with Crippen LogP contribution in [0.3, 0.4) is 0 Å². The smallest absolute Gasteiger partial charge is 0.322 e. The summed E-state index contributed by atoms with van der Waals surface area (Å²) in [6, 6.07) is 1.54. The van der Waals surface area contributed by atoms with Crippen LogP contribution in [0.2, 0.25) is 0 Å².